The van der Waals surface area contributed by atoms with E-state index in [0.29, 0.717) is 6.54 Å². The first-order valence-corrected chi connectivity index (χ1v) is 8.51. The third kappa shape index (κ3) is 8.61. The molecule has 0 unspecified atom stereocenters. The van der Waals surface area contributed by atoms with Crippen molar-refractivity contribution in [3.63, 3.8) is 0 Å². The van der Waals surface area contributed by atoms with Gasteiger partial charge in [-0.3, -0.25) is 0 Å². The fourth-order valence-corrected chi connectivity index (χ4v) is 2.42. The number of allylic oxidation sites excluding steroid dienone is 1. The lowest BCUT2D eigenvalue weighted by Crippen LogP contribution is -2.40. The van der Waals surface area contributed by atoms with E-state index in [1.54, 1.807) is 0 Å². The number of amides is 2. The zero-order chi connectivity index (χ0) is 14.1. The highest BCUT2D eigenvalue weighted by Crippen LogP contribution is 2.19. The average Bonchev–Trinajstić information content (AvgIpc) is 2.35. The second kappa shape index (κ2) is 8.16. The molecule has 0 radical (unpaired) electrons. The first-order chi connectivity index (χ1) is 8.97. The van der Waals surface area contributed by atoms with Crippen LogP contribution in [0.2, 0.25) is 0 Å². The normalized spacial score (nSPS) is 15.7. The van der Waals surface area contributed by atoms with E-state index in [9.17, 15) is 13.2 Å². The number of hydrogen-bond donors (Lipinski definition) is 3. The van der Waals surface area contributed by atoms with E-state index >= 15 is 0 Å². The minimum absolute atomic E-state index is 0.206. The third-order valence-corrected chi connectivity index (χ3v) is 3.62. The van der Waals surface area contributed by atoms with Gasteiger partial charge in [-0.2, -0.15) is 0 Å². The fourth-order valence-electron chi connectivity index (χ4n) is 1.94. The highest BCUT2D eigenvalue weighted by Gasteiger charge is 2.05. The maximum atomic E-state index is 11.4. The lowest BCUT2D eigenvalue weighted by molar-refractivity contribution is 0.241. The molecule has 0 spiro atoms. The summed E-state index contributed by atoms with van der Waals surface area (Å²) in [5, 5.41) is 5.36. The molecule has 6 nitrogen and oxygen atoms in total. The van der Waals surface area contributed by atoms with Crippen molar-refractivity contribution in [3.05, 3.63) is 11.6 Å². The van der Waals surface area contributed by atoms with E-state index in [0.717, 1.165) is 25.5 Å². The maximum absolute atomic E-state index is 11.4. The molecule has 1 aliphatic carbocycles. The Morgan fingerprint density at radius 2 is 1.95 bits per heavy atom. The molecule has 0 aliphatic heterocycles. The van der Waals surface area contributed by atoms with Crippen molar-refractivity contribution in [1.29, 1.82) is 0 Å². The predicted octanol–water partition coefficient (Wildman–Crippen LogP) is 0.725. The quantitative estimate of drug-likeness (QED) is 0.477. The molecule has 3 N–H and O–H groups in total. The Morgan fingerprint density at radius 1 is 1.21 bits per heavy atom. The lowest BCUT2D eigenvalue weighted by Gasteiger charge is -2.13. The van der Waals surface area contributed by atoms with Crippen LogP contribution in [0.25, 0.3) is 0 Å². The van der Waals surface area contributed by atoms with Crippen LogP contribution in [0.3, 0.4) is 0 Å². The van der Waals surface area contributed by atoms with Crippen molar-refractivity contribution in [3.8, 4) is 0 Å². The summed E-state index contributed by atoms with van der Waals surface area (Å²) in [6, 6.07) is -0.258. The molecule has 0 aromatic heterocycles. The Hall–Kier alpha value is -1.08. The zero-order valence-corrected chi connectivity index (χ0v) is 12.2. The Labute approximate surface area is 115 Å². The predicted molar refractivity (Wildman–Crippen MR) is 75.4 cm³/mol. The topological polar surface area (TPSA) is 87.3 Å². The van der Waals surface area contributed by atoms with E-state index in [-0.39, 0.29) is 19.1 Å². The number of sulfonamides is 1. The van der Waals surface area contributed by atoms with Gasteiger partial charge in [0, 0.05) is 19.6 Å². The van der Waals surface area contributed by atoms with Gasteiger partial charge in [-0.05, 0) is 32.1 Å². The maximum Gasteiger partial charge on any atom is 0.314 e. The van der Waals surface area contributed by atoms with Crippen LogP contribution in [0.15, 0.2) is 11.6 Å². The highest BCUT2D eigenvalue weighted by molar-refractivity contribution is 7.88. The minimum atomic E-state index is -3.18. The number of carbonyl (C=O) groups excluding carboxylic acids is 1. The number of nitrogens with one attached hydrogen (secondary N) is 3. The van der Waals surface area contributed by atoms with Gasteiger partial charge >= 0.3 is 6.03 Å². The van der Waals surface area contributed by atoms with Crippen molar-refractivity contribution >= 4 is 16.1 Å². The number of hydrogen-bond acceptors (Lipinski definition) is 3. The van der Waals surface area contributed by atoms with Gasteiger partial charge in [-0.15, -0.1) is 0 Å². The summed E-state index contributed by atoms with van der Waals surface area (Å²) in [5.74, 6) is 0. The molecule has 0 aromatic rings. The van der Waals surface area contributed by atoms with Crippen molar-refractivity contribution in [1.82, 2.24) is 15.4 Å². The summed E-state index contributed by atoms with van der Waals surface area (Å²) in [5.41, 5.74) is 1.42. The van der Waals surface area contributed by atoms with Crippen molar-refractivity contribution in [2.24, 2.45) is 0 Å². The van der Waals surface area contributed by atoms with E-state index in [4.69, 9.17) is 0 Å². The van der Waals surface area contributed by atoms with Crippen LogP contribution < -0.4 is 15.4 Å². The summed E-state index contributed by atoms with van der Waals surface area (Å²) in [6.45, 7) is 1.11. The van der Waals surface area contributed by atoms with Crippen LogP contribution in [0.1, 0.15) is 32.1 Å². The fraction of sp³-hybridized carbons (Fsp3) is 0.750. The smallest absolute Gasteiger partial charge is 0.314 e. The van der Waals surface area contributed by atoms with Gasteiger partial charge in [0.05, 0.1) is 6.26 Å². The van der Waals surface area contributed by atoms with Crippen LogP contribution in [0.4, 0.5) is 4.79 Å². The van der Waals surface area contributed by atoms with Gasteiger partial charge < -0.3 is 10.6 Å². The van der Waals surface area contributed by atoms with Gasteiger partial charge in [0.15, 0.2) is 0 Å². The molecule has 1 aliphatic rings. The summed E-state index contributed by atoms with van der Waals surface area (Å²) in [4.78, 5) is 11.4. The molecule has 0 bridgehead atoms. The van der Waals surface area contributed by atoms with Crippen LogP contribution in [-0.4, -0.2) is 40.3 Å². The lowest BCUT2D eigenvalue weighted by atomic mass is 9.97. The van der Waals surface area contributed by atoms with Gasteiger partial charge in [0.2, 0.25) is 10.0 Å². The average molecular weight is 289 g/mol. The zero-order valence-electron chi connectivity index (χ0n) is 11.4. The Balaban J connectivity index is 2.03. The number of carbonyl (C=O) groups is 1. The largest absolute Gasteiger partial charge is 0.338 e. The van der Waals surface area contributed by atoms with E-state index in [2.05, 4.69) is 21.4 Å². The Bertz CT molecular complexity index is 418. The van der Waals surface area contributed by atoms with Gasteiger partial charge in [-0.25, -0.2) is 17.9 Å². The second-order valence-corrected chi connectivity index (χ2v) is 6.54. The molecular formula is C12H23N3O3S. The van der Waals surface area contributed by atoms with Crippen molar-refractivity contribution in [2.45, 2.75) is 32.1 Å². The molecule has 110 valence electrons. The van der Waals surface area contributed by atoms with Crippen LogP contribution >= 0.6 is 0 Å². The number of urea groups is 1. The Kier molecular flexibility index (Phi) is 6.86. The molecule has 0 fully saturated rings. The highest BCUT2D eigenvalue weighted by atomic mass is 32.2. The molecular weight excluding hydrogens is 266 g/mol. The van der Waals surface area contributed by atoms with Crippen LogP contribution in [0.5, 0.6) is 0 Å². The molecule has 0 saturated heterocycles. The summed E-state index contributed by atoms with van der Waals surface area (Å²) >= 11 is 0. The summed E-state index contributed by atoms with van der Waals surface area (Å²) in [6.07, 6.45) is 9.05. The summed E-state index contributed by atoms with van der Waals surface area (Å²) < 4.78 is 23.9. The molecule has 2 amide bonds. The molecule has 19 heavy (non-hydrogen) atoms. The van der Waals surface area contributed by atoms with Gasteiger partial charge in [0.25, 0.3) is 0 Å². The minimum Gasteiger partial charge on any atom is -0.338 e. The van der Waals surface area contributed by atoms with Gasteiger partial charge in [0.1, 0.15) is 0 Å². The second-order valence-electron chi connectivity index (χ2n) is 4.71. The van der Waals surface area contributed by atoms with Crippen molar-refractivity contribution in [2.75, 3.05) is 25.9 Å². The van der Waals surface area contributed by atoms with Gasteiger partial charge in [-0.1, -0.05) is 11.6 Å². The third-order valence-electron chi connectivity index (χ3n) is 2.89. The Morgan fingerprint density at radius 3 is 2.58 bits per heavy atom. The van der Waals surface area contributed by atoms with Crippen LogP contribution in [-0.2, 0) is 10.0 Å². The first kappa shape index (κ1) is 16.0. The first-order valence-electron chi connectivity index (χ1n) is 6.61. The monoisotopic (exact) mass is 289 g/mol. The SMILES string of the molecule is CS(=O)(=O)NCCNC(=O)NCCC1=CCCCC1. The molecule has 0 saturated carbocycles. The molecule has 0 aromatic carbocycles. The molecule has 0 atom stereocenters. The molecule has 7 heteroatoms. The van der Waals surface area contributed by atoms with Crippen LogP contribution in [0, 0.1) is 0 Å². The van der Waals surface area contributed by atoms with E-state index in [1.165, 1.54) is 18.4 Å². The molecule has 0 heterocycles. The number of rotatable bonds is 7. The molecule has 1 rings (SSSR count). The van der Waals surface area contributed by atoms with E-state index in [1.807, 2.05) is 0 Å². The van der Waals surface area contributed by atoms with E-state index < -0.39 is 10.0 Å². The summed E-state index contributed by atoms with van der Waals surface area (Å²) in [7, 11) is -3.18. The standard InChI is InChI=1S/C12H23N3O3S/c1-19(17,18)15-10-9-14-12(16)13-8-7-11-5-3-2-4-6-11/h5,15H,2-4,6-10H2,1H3,(H2,13,14,16). The van der Waals surface area contributed by atoms with Crippen molar-refractivity contribution < 1.29 is 13.2 Å².